The lowest BCUT2D eigenvalue weighted by molar-refractivity contribution is -0.140. The highest BCUT2D eigenvalue weighted by Crippen LogP contribution is 2.25. The molecule has 0 heterocycles. The quantitative estimate of drug-likeness (QED) is 0.746. The van der Waals surface area contributed by atoms with Gasteiger partial charge in [0.25, 0.3) is 0 Å². The van der Waals surface area contributed by atoms with Crippen molar-refractivity contribution in [2.24, 2.45) is 5.92 Å². The van der Waals surface area contributed by atoms with Crippen LogP contribution in [0.15, 0.2) is 22.7 Å². The number of nitrogens with one attached hydrogen (secondary N) is 2. The predicted molar refractivity (Wildman–Crippen MR) is 82.2 cm³/mol. The van der Waals surface area contributed by atoms with Crippen LogP contribution in [0.4, 0.5) is 10.5 Å². The monoisotopic (exact) mass is 362 g/mol. The van der Waals surface area contributed by atoms with Gasteiger partial charge in [-0.05, 0) is 40.0 Å². The van der Waals surface area contributed by atoms with Crippen LogP contribution in [0.2, 0.25) is 5.02 Å². The van der Waals surface area contributed by atoms with Crippen molar-refractivity contribution in [3.05, 3.63) is 27.7 Å². The number of halogens is 2. The molecule has 20 heavy (non-hydrogen) atoms. The van der Waals surface area contributed by atoms with Gasteiger partial charge in [0.1, 0.15) is 6.04 Å². The molecule has 0 aromatic heterocycles. The van der Waals surface area contributed by atoms with Crippen molar-refractivity contribution < 1.29 is 14.7 Å². The van der Waals surface area contributed by atoms with Crippen LogP contribution in [0, 0.1) is 5.92 Å². The summed E-state index contributed by atoms with van der Waals surface area (Å²) in [7, 11) is 0. The number of anilines is 1. The summed E-state index contributed by atoms with van der Waals surface area (Å²) in [5.41, 5.74) is 0.475. The van der Waals surface area contributed by atoms with E-state index < -0.39 is 18.0 Å². The van der Waals surface area contributed by atoms with E-state index in [9.17, 15) is 9.59 Å². The Morgan fingerprint density at radius 1 is 1.45 bits per heavy atom. The second kappa shape index (κ2) is 7.50. The van der Waals surface area contributed by atoms with Crippen LogP contribution in [-0.4, -0.2) is 23.1 Å². The largest absolute Gasteiger partial charge is 0.480 e. The molecule has 0 fully saturated rings. The Balaban J connectivity index is 2.75. The van der Waals surface area contributed by atoms with Crippen molar-refractivity contribution in [1.82, 2.24) is 5.32 Å². The molecule has 0 spiro atoms. The van der Waals surface area contributed by atoms with Gasteiger partial charge in [-0.25, -0.2) is 9.59 Å². The number of rotatable bonds is 5. The van der Waals surface area contributed by atoms with E-state index in [1.165, 1.54) is 0 Å². The highest BCUT2D eigenvalue weighted by atomic mass is 79.9. The summed E-state index contributed by atoms with van der Waals surface area (Å²) in [4.78, 5) is 23.0. The third-order valence-electron chi connectivity index (χ3n) is 2.94. The van der Waals surface area contributed by atoms with Gasteiger partial charge in [0, 0.05) is 9.50 Å². The van der Waals surface area contributed by atoms with E-state index in [4.69, 9.17) is 16.7 Å². The van der Waals surface area contributed by atoms with Crippen molar-refractivity contribution in [3.8, 4) is 0 Å². The lowest BCUT2D eigenvalue weighted by atomic mass is 9.99. The van der Waals surface area contributed by atoms with Crippen molar-refractivity contribution in [3.63, 3.8) is 0 Å². The molecule has 1 aromatic rings. The molecule has 3 N–H and O–H groups in total. The summed E-state index contributed by atoms with van der Waals surface area (Å²) < 4.78 is 0.660. The van der Waals surface area contributed by atoms with Crippen LogP contribution in [0.5, 0.6) is 0 Å². The maximum absolute atomic E-state index is 11.9. The first-order chi connectivity index (χ1) is 9.35. The van der Waals surface area contributed by atoms with Gasteiger partial charge in [-0.1, -0.05) is 31.9 Å². The van der Waals surface area contributed by atoms with Gasteiger partial charge < -0.3 is 15.7 Å². The molecular weight excluding hydrogens is 348 g/mol. The average Bonchev–Trinajstić information content (AvgIpc) is 2.39. The number of carbonyl (C=O) groups is 2. The van der Waals surface area contributed by atoms with Gasteiger partial charge in [0.2, 0.25) is 0 Å². The Labute approximate surface area is 130 Å². The second-order valence-electron chi connectivity index (χ2n) is 4.42. The number of carboxylic acid groups (broad SMARTS) is 1. The fourth-order valence-corrected chi connectivity index (χ4v) is 2.09. The zero-order chi connectivity index (χ0) is 15.3. The van der Waals surface area contributed by atoms with Gasteiger partial charge >= 0.3 is 12.0 Å². The first kappa shape index (κ1) is 16.8. The minimum Gasteiger partial charge on any atom is -0.480 e. The number of amides is 2. The smallest absolute Gasteiger partial charge is 0.326 e. The fourth-order valence-electron chi connectivity index (χ4n) is 1.58. The number of hydrogen-bond acceptors (Lipinski definition) is 2. The standard InChI is InChI=1S/C13H16BrClN2O3/c1-3-7(2)11(12(18)19)17-13(20)16-10-6-8(15)4-5-9(10)14/h4-7,11H,3H2,1-2H3,(H,18,19)(H2,16,17,20). The number of urea groups is 1. The van der Waals surface area contributed by atoms with E-state index in [2.05, 4.69) is 26.6 Å². The van der Waals surface area contributed by atoms with Crippen molar-refractivity contribution in [2.75, 3.05) is 5.32 Å². The molecule has 1 rings (SSSR count). The van der Waals surface area contributed by atoms with Crippen LogP contribution in [0.1, 0.15) is 20.3 Å². The number of carbonyl (C=O) groups excluding carboxylic acids is 1. The Hall–Kier alpha value is -1.27. The van der Waals surface area contributed by atoms with Gasteiger partial charge in [0.15, 0.2) is 0 Å². The summed E-state index contributed by atoms with van der Waals surface area (Å²) in [6.07, 6.45) is 0.651. The van der Waals surface area contributed by atoms with E-state index in [0.29, 0.717) is 21.6 Å². The summed E-state index contributed by atoms with van der Waals surface area (Å²) in [5, 5.41) is 14.6. The summed E-state index contributed by atoms with van der Waals surface area (Å²) >= 11 is 9.12. The van der Waals surface area contributed by atoms with Crippen molar-refractivity contribution in [1.29, 1.82) is 0 Å². The van der Waals surface area contributed by atoms with E-state index in [1.54, 1.807) is 25.1 Å². The van der Waals surface area contributed by atoms with E-state index in [1.807, 2.05) is 6.92 Å². The highest BCUT2D eigenvalue weighted by molar-refractivity contribution is 9.10. The fraction of sp³-hybridized carbons (Fsp3) is 0.385. The lowest BCUT2D eigenvalue weighted by Gasteiger charge is -2.20. The van der Waals surface area contributed by atoms with E-state index in [0.717, 1.165) is 0 Å². The van der Waals surface area contributed by atoms with Gasteiger partial charge in [-0.2, -0.15) is 0 Å². The highest BCUT2D eigenvalue weighted by Gasteiger charge is 2.25. The predicted octanol–water partition coefficient (Wildman–Crippen LogP) is 3.72. The number of hydrogen-bond donors (Lipinski definition) is 3. The molecule has 2 atom stereocenters. The zero-order valence-electron chi connectivity index (χ0n) is 11.1. The molecule has 0 radical (unpaired) electrons. The van der Waals surface area contributed by atoms with Gasteiger partial charge in [-0.3, -0.25) is 0 Å². The first-order valence-electron chi connectivity index (χ1n) is 6.10. The van der Waals surface area contributed by atoms with E-state index >= 15 is 0 Å². The van der Waals surface area contributed by atoms with Crippen molar-refractivity contribution in [2.45, 2.75) is 26.3 Å². The zero-order valence-corrected chi connectivity index (χ0v) is 13.5. The Morgan fingerprint density at radius 3 is 2.65 bits per heavy atom. The molecule has 0 aliphatic heterocycles. The van der Waals surface area contributed by atoms with Gasteiger partial charge in [-0.15, -0.1) is 0 Å². The van der Waals surface area contributed by atoms with Crippen molar-refractivity contribution >= 4 is 45.2 Å². The third kappa shape index (κ3) is 4.68. The number of benzene rings is 1. The molecule has 2 amide bonds. The minimum absolute atomic E-state index is 0.166. The molecule has 7 heteroatoms. The molecule has 0 saturated heterocycles. The molecule has 2 unspecified atom stereocenters. The minimum atomic E-state index is -1.06. The summed E-state index contributed by atoms with van der Waals surface area (Å²) in [6, 6.07) is 3.43. The molecular formula is C13H16BrClN2O3. The lowest BCUT2D eigenvalue weighted by Crippen LogP contribution is -2.46. The molecule has 1 aromatic carbocycles. The molecule has 0 bridgehead atoms. The summed E-state index contributed by atoms with van der Waals surface area (Å²) in [5.74, 6) is -1.22. The SMILES string of the molecule is CCC(C)C(NC(=O)Nc1cc(Cl)ccc1Br)C(=O)O. The Kier molecular flexibility index (Phi) is 6.29. The van der Waals surface area contributed by atoms with Gasteiger partial charge in [0.05, 0.1) is 5.69 Å². The Bertz CT molecular complexity index is 510. The first-order valence-corrected chi connectivity index (χ1v) is 7.27. The summed E-state index contributed by atoms with van der Waals surface area (Å²) in [6.45, 7) is 3.64. The average molecular weight is 364 g/mol. The maximum Gasteiger partial charge on any atom is 0.326 e. The maximum atomic E-state index is 11.9. The number of carboxylic acids is 1. The topological polar surface area (TPSA) is 78.4 Å². The van der Waals surface area contributed by atoms with Crippen LogP contribution in [0.25, 0.3) is 0 Å². The van der Waals surface area contributed by atoms with Crippen LogP contribution in [-0.2, 0) is 4.79 Å². The number of aliphatic carboxylic acids is 1. The molecule has 110 valence electrons. The molecule has 5 nitrogen and oxygen atoms in total. The third-order valence-corrected chi connectivity index (χ3v) is 3.87. The van der Waals surface area contributed by atoms with Crippen LogP contribution in [0.3, 0.4) is 0 Å². The second-order valence-corrected chi connectivity index (χ2v) is 5.71. The molecule has 0 aliphatic carbocycles. The molecule has 0 saturated carbocycles. The molecule has 0 aliphatic rings. The van der Waals surface area contributed by atoms with Crippen LogP contribution >= 0.6 is 27.5 Å². The Morgan fingerprint density at radius 2 is 2.10 bits per heavy atom. The van der Waals surface area contributed by atoms with Crippen LogP contribution < -0.4 is 10.6 Å². The van der Waals surface area contributed by atoms with E-state index in [-0.39, 0.29) is 5.92 Å². The normalized spacial score (nSPS) is 13.4.